The smallest absolute Gasteiger partial charge is 0.261 e. The van der Waals surface area contributed by atoms with E-state index in [-0.39, 0.29) is 30.7 Å². The van der Waals surface area contributed by atoms with Crippen LogP contribution in [0.15, 0.2) is 47.8 Å². The number of piperidine rings is 1. The van der Waals surface area contributed by atoms with E-state index in [4.69, 9.17) is 0 Å². The van der Waals surface area contributed by atoms with Crippen LogP contribution < -0.4 is 10.6 Å². The van der Waals surface area contributed by atoms with Crippen molar-refractivity contribution in [2.75, 3.05) is 25.0 Å². The second-order valence-corrected chi connectivity index (χ2v) is 9.98. The first-order valence-corrected chi connectivity index (χ1v) is 12.8. The summed E-state index contributed by atoms with van der Waals surface area (Å²) in [7, 11) is 0. The number of amides is 3. The number of rotatable bonds is 7. The molecule has 0 atom stereocenters. The van der Waals surface area contributed by atoms with Gasteiger partial charge in [0, 0.05) is 30.9 Å². The molecule has 1 fully saturated rings. The molecule has 8 heteroatoms. The average molecular weight is 482 g/mol. The summed E-state index contributed by atoms with van der Waals surface area (Å²) in [4.78, 5) is 41.7. The topological polar surface area (TPSA) is 78.5 Å². The molecule has 0 aliphatic carbocycles. The van der Waals surface area contributed by atoms with E-state index in [1.807, 2.05) is 53.6 Å². The lowest BCUT2D eigenvalue weighted by atomic mass is 10.0. The van der Waals surface area contributed by atoms with Gasteiger partial charge in [-0.1, -0.05) is 36.4 Å². The Kier molecular flexibility index (Phi) is 7.57. The lowest BCUT2D eigenvalue weighted by Gasteiger charge is -2.27. The van der Waals surface area contributed by atoms with Crippen LogP contribution in [0.1, 0.15) is 51.3 Å². The van der Waals surface area contributed by atoms with Gasteiger partial charge in [0.05, 0.1) is 10.4 Å². The van der Waals surface area contributed by atoms with Crippen molar-refractivity contribution >= 4 is 45.4 Å². The van der Waals surface area contributed by atoms with E-state index in [2.05, 4.69) is 10.6 Å². The number of carbonyl (C=O) groups excluding carboxylic acids is 3. The minimum atomic E-state index is -0.227. The van der Waals surface area contributed by atoms with Crippen LogP contribution in [0.4, 0.5) is 5.00 Å². The summed E-state index contributed by atoms with van der Waals surface area (Å²) >= 11 is 2.79. The molecule has 0 bridgehead atoms. The van der Waals surface area contributed by atoms with Crippen LogP contribution in [0.3, 0.4) is 0 Å². The molecule has 6 nitrogen and oxygen atoms in total. The van der Waals surface area contributed by atoms with Gasteiger partial charge in [0.2, 0.25) is 5.91 Å². The van der Waals surface area contributed by atoms with Crippen molar-refractivity contribution in [1.29, 1.82) is 0 Å². The fourth-order valence-corrected chi connectivity index (χ4v) is 5.81. The maximum atomic E-state index is 13.4. The lowest BCUT2D eigenvalue weighted by Crippen LogP contribution is -2.36. The number of benzene rings is 1. The Morgan fingerprint density at radius 3 is 2.45 bits per heavy atom. The van der Waals surface area contributed by atoms with Crippen molar-refractivity contribution in [3.05, 3.63) is 63.8 Å². The predicted octanol–water partition coefficient (Wildman–Crippen LogP) is 5.17. The van der Waals surface area contributed by atoms with Gasteiger partial charge in [-0.05, 0) is 48.8 Å². The van der Waals surface area contributed by atoms with Gasteiger partial charge in [-0.15, -0.1) is 22.7 Å². The SMILES string of the molecule is Cc1c(-c2ccccc2)sc(NC(=O)CCNC(=O)c2cccs2)c1C(=O)N1CCCCC1. The van der Waals surface area contributed by atoms with E-state index < -0.39 is 0 Å². The largest absolute Gasteiger partial charge is 0.351 e. The summed E-state index contributed by atoms with van der Waals surface area (Å²) in [6.45, 7) is 3.68. The number of likely N-dealkylation sites (tertiary alicyclic amines) is 1. The molecule has 0 saturated carbocycles. The zero-order valence-corrected chi connectivity index (χ0v) is 20.2. The highest BCUT2D eigenvalue weighted by atomic mass is 32.1. The molecule has 1 aromatic carbocycles. The molecule has 172 valence electrons. The number of hydrogen-bond acceptors (Lipinski definition) is 5. The molecule has 1 saturated heterocycles. The quantitative estimate of drug-likeness (QED) is 0.489. The third-order valence-electron chi connectivity index (χ3n) is 5.68. The summed E-state index contributed by atoms with van der Waals surface area (Å²) in [6, 6.07) is 13.5. The molecule has 0 unspecified atom stereocenters. The molecule has 3 amide bonds. The van der Waals surface area contributed by atoms with Gasteiger partial charge in [0.1, 0.15) is 5.00 Å². The van der Waals surface area contributed by atoms with Crippen molar-refractivity contribution in [3.63, 3.8) is 0 Å². The first-order valence-electron chi connectivity index (χ1n) is 11.1. The van der Waals surface area contributed by atoms with Gasteiger partial charge in [-0.25, -0.2) is 0 Å². The first kappa shape index (κ1) is 23.2. The summed E-state index contributed by atoms with van der Waals surface area (Å²) in [5.41, 5.74) is 2.50. The number of nitrogens with one attached hydrogen (secondary N) is 2. The van der Waals surface area contributed by atoms with Crippen molar-refractivity contribution in [2.24, 2.45) is 0 Å². The molecule has 1 aliphatic heterocycles. The van der Waals surface area contributed by atoms with Gasteiger partial charge in [-0.2, -0.15) is 0 Å². The van der Waals surface area contributed by atoms with Crippen molar-refractivity contribution < 1.29 is 14.4 Å². The van der Waals surface area contributed by atoms with Gasteiger partial charge >= 0.3 is 0 Å². The molecule has 2 aromatic heterocycles. The minimum Gasteiger partial charge on any atom is -0.351 e. The minimum absolute atomic E-state index is 0.0214. The van der Waals surface area contributed by atoms with E-state index >= 15 is 0 Å². The zero-order chi connectivity index (χ0) is 23.2. The van der Waals surface area contributed by atoms with Crippen molar-refractivity contribution in [1.82, 2.24) is 10.2 Å². The summed E-state index contributed by atoms with van der Waals surface area (Å²) in [6.07, 6.45) is 3.28. The molecule has 1 aliphatic rings. The van der Waals surface area contributed by atoms with Crippen LogP contribution >= 0.6 is 22.7 Å². The fourth-order valence-electron chi connectivity index (χ4n) is 3.95. The van der Waals surface area contributed by atoms with Crippen molar-refractivity contribution in [2.45, 2.75) is 32.6 Å². The molecule has 3 aromatic rings. The van der Waals surface area contributed by atoms with E-state index in [1.54, 1.807) is 6.07 Å². The van der Waals surface area contributed by atoms with Crippen LogP contribution in [-0.2, 0) is 4.79 Å². The van der Waals surface area contributed by atoms with Crippen molar-refractivity contribution in [3.8, 4) is 10.4 Å². The summed E-state index contributed by atoms with van der Waals surface area (Å²) in [5.74, 6) is -0.431. The van der Waals surface area contributed by atoms with Crippen LogP contribution in [0.5, 0.6) is 0 Å². The second-order valence-electron chi connectivity index (χ2n) is 8.01. The molecular weight excluding hydrogens is 454 g/mol. The van der Waals surface area contributed by atoms with Gasteiger partial charge in [0.25, 0.3) is 11.8 Å². The molecule has 0 spiro atoms. The van der Waals surface area contributed by atoms with E-state index in [9.17, 15) is 14.4 Å². The maximum absolute atomic E-state index is 13.4. The Morgan fingerprint density at radius 2 is 1.76 bits per heavy atom. The number of carbonyl (C=O) groups is 3. The Hall–Kier alpha value is -2.97. The Labute approximate surface area is 201 Å². The average Bonchev–Trinajstić information content (AvgIpc) is 3.48. The van der Waals surface area contributed by atoms with Crippen LogP contribution in [0.25, 0.3) is 10.4 Å². The lowest BCUT2D eigenvalue weighted by molar-refractivity contribution is -0.116. The standard InChI is InChI=1S/C25H27N3O3S2/c1-17-21(25(31)28-14-6-3-7-15-28)24(33-22(17)18-9-4-2-5-10-18)27-20(29)12-13-26-23(30)19-11-8-16-32-19/h2,4-5,8-11,16H,3,6-7,12-15H2,1H3,(H,26,30)(H,27,29). The molecule has 2 N–H and O–H groups in total. The van der Waals surface area contributed by atoms with E-state index in [0.29, 0.717) is 15.4 Å². The monoisotopic (exact) mass is 481 g/mol. The van der Waals surface area contributed by atoms with Crippen LogP contribution in [-0.4, -0.2) is 42.3 Å². The Morgan fingerprint density at radius 1 is 1.00 bits per heavy atom. The van der Waals surface area contributed by atoms with Crippen LogP contribution in [0, 0.1) is 6.92 Å². The molecule has 0 radical (unpaired) electrons. The number of thiophene rings is 2. The Balaban J connectivity index is 1.51. The third kappa shape index (κ3) is 5.51. The highest BCUT2D eigenvalue weighted by Crippen LogP contribution is 2.40. The molecular formula is C25H27N3O3S2. The second kappa shape index (κ2) is 10.8. The van der Waals surface area contributed by atoms with Gasteiger partial charge < -0.3 is 15.5 Å². The summed E-state index contributed by atoms with van der Waals surface area (Å²) in [5, 5.41) is 8.14. The number of nitrogens with zero attached hydrogens (tertiary/aromatic N) is 1. The van der Waals surface area contributed by atoms with Crippen LogP contribution in [0.2, 0.25) is 0 Å². The third-order valence-corrected chi connectivity index (χ3v) is 7.80. The first-order chi connectivity index (χ1) is 16.0. The number of anilines is 1. The highest BCUT2D eigenvalue weighted by Gasteiger charge is 2.27. The normalized spacial score (nSPS) is 13.5. The fraction of sp³-hybridized carbons (Fsp3) is 0.320. The molecule has 3 heterocycles. The van der Waals surface area contributed by atoms with E-state index in [1.165, 1.54) is 22.7 Å². The molecule has 33 heavy (non-hydrogen) atoms. The Bertz CT molecular complexity index is 1120. The van der Waals surface area contributed by atoms with Gasteiger partial charge in [0.15, 0.2) is 0 Å². The maximum Gasteiger partial charge on any atom is 0.261 e. The summed E-state index contributed by atoms with van der Waals surface area (Å²) < 4.78 is 0. The van der Waals surface area contributed by atoms with Gasteiger partial charge in [-0.3, -0.25) is 14.4 Å². The predicted molar refractivity (Wildman–Crippen MR) is 134 cm³/mol. The molecule has 4 rings (SSSR count). The van der Waals surface area contributed by atoms with E-state index in [0.717, 1.165) is 48.4 Å². The zero-order valence-electron chi connectivity index (χ0n) is 18.6. The number of hydrogen-bond donors (Lipinski definition) is 2. The highest BCUT2D eigenvalue weighted by molar-refractivity contribution is 7.20.